The maximum absolute atomic E-state index is 10.7. The third-order valence-corrected chi connectivity index (χ3v) is 3.63. The number of benzene rings is 1. The maximum Gasteiger partial charge on any atom is 0.355 e. The number of ether oxygens (including phenoxy) is 1. The lowest BCUT2D eigenvalue weighted by Gasteiger charge is -2.08. The van der Waals surface area contributed by atoms with Gasteiger partial charge in [-0.2, -0.15) is 0 Å². The quantitative estimate of drug-likeness (QED) is 0.918. The largest absolute Gasteiger partial charge is 0.493 e. The third kappa shape index (κ3) is 3.68. The number of carboxylic acids is 1. The molecular formula is C13H12ClNO3S. The minimum Gasteiger partial charge on any atom is -0.493 e. The van der Waals surface area contributed by atoms with Crippen molar-refractivity contribution in [2.45, 2.75) is 13.3 Å². The van der Waals surface area contributed by atoms with Crippen LogP contribution in [-0.4, -0.2) is 22.7 Å². The summed E-state index contributed by atoms with van der Waals surface area (Å²) in [5, 5.41) is 11.7. The van der Waals surface area contributed by atoms with Crippen LogP contribution in [0.4, 0.5) is 0 Å². The normalized spacial score (nSPS) is 10.4. The summed E-state index contributed by atoms with van der Waals surface area (Å²) >= 11 is 7.19. The molecule has 0 aliphatic heterocycles. The molecule has 4 nitrogen and oxygen atoms in total. The zero-order chi connectivity index (χ0) is 13.8. The van der Waals surface area contributed by atoms with Gasteiger partial charge in [0, 0.05) is 16.8 Å². The summed E-state index contributed by atoms with van der Waals surface area (Å²) in [5.41, 5.74) is 1.06. The molecule has 2 rings (SSSR count). The van der Waals surface area contributed by atoms with Crippen LogP contribution in [0.1, 0.15) is 21.1 Å². The molecule has 1 heterocycles. The van der Waals surface area contributed by atoms with E-state index in [-0.39, 0.29) is 5.69 Å². The van der Waals surface area contributed by atoms with Crippen LogP contribution < -0.4 is 4.74 Å². The van der Waals surface area contributed by atoms with Crippen LogP contribution in [0.2, 0.25) is 5.02 Å². The minimum absolute atomic E-state index is 0.0858. The molecule has 0 radical (unpaired) electrons. The van der Waals surface area contributed by atoms with Gasteiger partial charge in [-0.15, -0.1) is 11.3 Å². The Bertz CT molecular complexity index is 597. The molecule has 0 aliphatic carbocycles. The second-order valence-corrected chi connectivity index (χ2v) is 5.32. The average Bonchev–Trinajstić information content (AvgIpc) is 2.81. The number of aromatic nitrogens is 1. The highest BCUT2D eigenvalue weighted by atomic mass is 35.5. The van der Waals surface area contributed by atoms with Crippen molar-refractivity contribution in [1.82, 2.24) is 4.98 Å². The molecule has 0 saturated carbocycles. The lowest BCUT2D eigenvalue weighted by molar-refractivity contribution is 0.0691. The SMILES string of the molecule is Cc1cc(Cl)ccc1OCCc1nc(C(=O)O)cs1. The number of aromatic carboxylic acids is 1. The lowest BCUT2D eigenvalue weighted by atomic mass is 10.2. The van der Waals surface area contributed by atoms with Crippen LogP contribution in [0.3, 0.4) is 0 Å². The number of hydrogen-bond acceptors (Lipinski definition) is 4. The Morgan fingerprint density at radius 1 is 1.53 bits per heavy atom. The van der Waals surface area contributed by atoms with Crippen molar-refractivity contribution in [3.05, 3.63) is 44.9 Å². The number of halogens is 1. The highest BCUT2D eigenvalue weighted by Gasteiger charge is 2.08. The van der Waals surface area contributed by atoms with Gasteiger partial charge in [0.2, 0.25) is 0 Å². The third-order valence-electron chi connectivity index (χ3n) is 2.48. The first kappa shape index (κ1) is 13.8. The molecule has 0 unspecified atom stereocenters. The molecule has 0 spiro atoms. The molecule has 100 valence electrons. The molecule has 2 aromatic rings. The van der Waals surface area contributed by atoms with E-state index in [1.54, 1.807) is 6.07 Å². The Kier molecular flexibility index (Phi) is 4.39. The van der Waals surface area contributed by atoms with Crippen molar-refractivity contribution in [2.75, 3.05) is 6.61 Å². The molecule has 0 aliphatic rings. The van der Waals surface area contributed by atoms with Gasteiger partial charge in [-0.05, 0) is 30.7 Å². The minimum atomic E-state index is -1.00. The summed E-state index contributed by atoms with van der Waals surface area (Å²) < 4.78 is 5.63. The Morgan fingerprint density at radius 2 is 2.32 bits per heavy atom. The van der Waals surface area contributed by atoms with E-state index < -0.39 is 5.97 Å². The fraction of sp³-hybridized carbons (Fsp3) is 0.231. The Hall–Kier alpha value is -1.59. The molecule has 1 N–H and O–H groups in total. The van der Waals surface area contributed by atoms with Gasteiger partial charge in [0.05, 0.1) is 11.6 Å². The maximum atomic E-state index is 10.7. The summed E-state index contributed by atoms with van der Waals surface area (Å²) in [6.45, 7) is 2.38. The van der Waals surface area contributed by atoms with E-state index in [1.165, 1.54) is 16.7 Å². The van der Waals surface area contributed by atoms with Crippen molar-refractivity contribution in [3.63, 3.8) is 0 Å². The summed E-state index contributed by atoms with van der Waals surface area (Å²) in [6, 6.07) is 5.43. The van der Waals surface area contributed by atoms with Crippen molar-refractivity contribution in [3.8, 4) is 5.75 Å². The second kappa shape index (κ2) is 6.04. The summed E-state index contributed by atoms with van der Waals surface area (Å²) in [7, 11) is 0. The Labute approximate surface area is 119 Å². The zero-order valence-electron chi connectivity index (χ0n) is 10.2. The van der Waals surface area contributed by atoms with Gasteiger partial charge in [0.25, 0.3) is 0 Å². The molecule has 0 atom stereocenters. The van der Waals surface area contributed by atoms with Gasteiger partial charge in [0.1, 0.15) is 5.75 Å². The highest BCUT2D eigenvalue weighted by molar-refractivity contribution is 7.09. The smallest absolute Gasteiger partial charge is 0.355 e. The Balaban J connectivity index is 1.90. The number of nitrogens with zero attached hydrogens (tertiary/aromatic N) is 1. The van der Waals surface area contributed by atoms with E-state index in [0.717, 1.165) is 16.3 Å². The predicted octanol–water partition coefficient (Wildman–Crippen LogP) is 3.42. The van der Waals surface area contributed by atoms with Crippen molar-refractivity contribution in [2.24, 2.45) is 0 Å². The van der Waals surface area contributed by atoms with Crippen LogP contribution >= 0.6 is 22.9 Å². The molecule has 19 heavy (non-hydrogen) atoms. The number of thiazole rings is 1. The molecule has 0 bridgehead atoms. The summed E-state index contributed by atoms with van der Waals surface area (Å²) in [5.74, 6) is -0.226. The fourth-order valence-electron chi connectivity index (χ4n) is 1.55. The van der Waals surface area contributed by atoms with E-state index in [4.69, 9.17) is 21.4 Å². The molecule has 0 amide bonds. The molecule has 0 saturated heterocycles. The van der Waals surface area contributed by atoms with Gasteiger partial charge in [-0.3, -0.25) is 0 Å². The fourth-order valence-corrected chi connectivity index (χ4v) is 2.53. The molecule has 0 fully saturated rings. The van der Waals surface area contributed by atoms with Crippen molar-refractivity contribution < 1.29 is 14.6 Å². The topological polar surface area (TPSA) is 59.4 Å². The highest BCUT2D eigenvalue weighted by Crippen LogP contribution is 2.22. The van der Waals surface area contributed by atoms with Crippen LogP contribution in [0, 0.1) is 6.92 Å². The predicted molar refractivity (Wildman–Crippen MR) is 74.5 cm³/mol. The van der Waals surface area contributed by atoms with Gasteiger partial charge < -0.3 is 9.84 Å². The average molecular weight is 298 g/mol. The number of carbonyl (C=O) groups is 1. The molecule has 1 aromatic carbocycles. The second-order valence-electron chi connectivity index (χ2n) is 3.94. The van der Waals surface area contributed by atoms with Gasteiger partial charge in [-0.25, -0.2) is 9.78 Å². The van der Waals surface area contributed by atoms with Crippen molar-refractivity contribution in [1.29, 1.82) is 0 Å². The first-order valence-corrected chi connectivity index (χ1v) is 6.88. The van der Waals surface area contributed by atoms with Crippen LogP contribution in [0.25, 0.3) is 0 Å². The van der Waals surface area contributed by atoms with E-state index in [2.05, 4.69) is 4.98 Å². The monoisotopic (exact) mass is 297 g/mol. The van der Waals surface area contributed by atoms with Crippen LogP contribution in [0.15, 0.2) is 23.6 Å². The van der Waals surface area contributed by atoms with Gasteiger partial charge in [0.15, 0.2) is 5.69 Å². The number of carboxylic acid groups (broad SMARTS) is 1. The zero-order valence-corrected chi connectivity index (χ0v) is 11.8. The number of aryl methyl sites for hydroxylation is 1. The van der Waals surface area contributed by atoms with Gasteiger partial charge in [-0.1, -0.05) is 11.6 Å². The van der Waals surface area contributed by atoms with Crippen LogP contribution in [0.5, 0.6) is 5.75 Å². The molecular weight excluding hydrogens is 286 g/mol. The Morgan fingerprint density at radius 3 is 2.95 bits per heavy atom. The molecule has 6 heteroatoms. The van der Waals surface area contributed by atoms with Gasteiger partial charge >= 0.3 is 5.97 Å². The molecule has 1 aromatic heterocycles. The van der Waals surface area contributed by atoms with Crippen LogP contribution in [-0.2, 0) is 6.42 Å². The van der Waals surface area contributed by atoms with E-state index in [9.17, 15) is 4.79 Å². The standard InChI is InChI=1S/C13H12ClNO3S/c1-8-6-9(14)2-3-11(8)18-5-4-12-15-10(7-19-12)13(16)17/h2-3,6-7H,4-5H2,1H3,(H,16,17). The summed E-state index contributed by atoms with van der Waals surface area (Å²) in [4.78, 5) is 14.7. The van der Waals surface area contributed by atoms with E-state index in [0.29, 0.717) is 18.1 Å². The van der Waals surface area contributed by atoms with Crippen molar-refractivity contribution >= 4 is 28.9 Å². The summed E-state index contributed by atoms with van der Waals surface area (Å²) in [6.07, 6.45) is 0.583. The first-order chi connectivity index (χ1) is 9.06. The first-order valence-electron chi connectivity index (χ1n) is 5.63. The number of rotatable bonds is 5. The van der Waals surface area contributed by atoms with E-state index in [1.807, 2.05) is 19.1 Å². The number of hydrogen-bond donors (Lipinski definition) is 1. The van der Waals surface area contributed by atoms with E-state index >= 15 is 0 Å². The lowest BCUT2D eigenvalue weighted by Crippen LogP contribution is -2.03.